The van der Waals surface area contributed by atoms with E-state index in [4.69, 9.17) is 11.6 Å². The quantitative estimate of drug-likeness (QED) is 0.569. The molecule has 0 aliphatic heterocycles. The van der Waals surface area contributed by atoms with Crippen LogP contribution in [0.25, 0.3) is 0 Å². The molecule has 0 aliphatic rings. The molecule has 108 valence electrons. The van der Waals surface area contributed by atoms with Crippen molar-refractivity contribution in [2.75, 3.05) is 13.1 Å². The predicted molar refractivity (Wildman–Crippen MR) is 75.3 cm³/mol. The lowest BCUT2D eigenvalue weighted by molar-refractivity contribution is -0.384. The summed E-state index contributed by atoms with van der Waals surface area (Å²) < 4.78 is 25.7. The zero-order chi connectivity index (χ0) is 14.6. The van der Waals surface area contributed by atoms with Gasteiger partial charge in [-0.25, -0.2) is 8.42 Å². The third-order valence-corrected chi connectivity index (χ3v) is 6.31. The lowest BCUT2D eigenvalue weighted by atomic mass is 10.3. The van der Waals surface area contributed by atoms with Crippen molar-refractivity contribution in [3.05, 3.63) is 20.5 Å². The molecule has 0 saturated heterocycles. The molecule has 0 radical (unpaired) electrons. The Kier molecular flexibility index (Phi) is 5.72. The molecule has 9 heteroatoms. The van der Waals surface area contributed by atoms with E-state index in [1.54, 1.807) is 6.92 Å². The van der Waals surface area contributed by atoms with E-state index in [0.717, 1.165) is 30.2 Å². The Hall–Kier alpha value is -0.700. The number of rotatable bonds is 7. The van der Waals surface area contributed by atoms with Crippen LogP contribution >= 0.6 is 22.9 Å². The van der Waals surface area contributed by atoms with Crippen molar-refractivity contribution in [1.29, 1.82) is 0 Å². The molecular weight excluding hydrogens is 312 g/mol. The van der Waals surface area contributed by atoms with Crippen LogP contribution < -0.4 is 0 Å². The Balaban J connectivity index is 3.11. The molecule has 1 aromatic rings. The van der Waals surface area contributed by atoms with Gasteiger partial charge in [-0.3, -0.25) is 10.1 Å². The summed E-state index contributed by atoms with van der Waals surface area (Å²) in [7, 11) is -3.70. The fraction of sp³-hybridized carbons (Fsp3) is 0.600. The van der Waals surface area contributed by atoms with Crippen molar-refractivity contribution < 1.29 is 13.3 Å². The summed E-state index contributed by atoms with van der Waals surface area (Å²) in [5, 5.41) is 10.7. The third-order valence-electron chi connectivity index (χ3n) is 2.55. The minimum atomic E-state index is -3.70. The summed E-state index contributed by atoms with van der Waals surface area (Å²) >= 11 is 6.41. The van der Waals surface area contributed by atoms with Crippen LogP contribution in [0.4, 0.5) is 5.69 Å². The number of nitro groups is 1. The van der Waals surface area contributed by atoms with E-state index in [1.165, 1.54) is 4.31 Å². The molecule has 1 aromatic heterocycles. The summed E-state index contributed by atoms with van der Waals surface area (Å²) in [6, 6.07) is 1.02. The zero-order valence-electron chi connectivity index (χ0n) is 10.6. The normalized spacial score (nSPS) is 12.0. The van der Waals surface area contributed by atoms with Crippen molar-refractivity contribution in [3.8, 4) is 0 Å². The third kappa shape index (κ3) is 3.65. The number of unbranched alkanes of at least 4 members (excludes halogenated alkanes) is 1. The number of halogens is 1. The number of sulfonamides is 1. The molecule has 0 fully saturated rings. The van der Waals surface area contributed by atoms with Gasteiger partial charge in [-0.05, 0) is 6.42 Å². The van der Waals surface area contributed by atoms with Gasteiger partial charge in [0.25, 0.3) is 15.7 Å². The smallest absolute Gasteiger partial charge is 0.258 e. The SMILES string of the molecule is CCCCN(CC)S(=O)(=O)c1cc([N+](=O)[O-])c(Cl)s1. The first-order valence-electron chi connectivity index (χ1n) is 5.78. The van der Waals surface area contributed by atoms with Gasteiger partial charge in [-0.15, -0.1) is 11.3 Å². The van der Waals surface area contributed by atoms with Crippen molar-refractivity contribution in [3.63, 3.8) is 0 Å². The highest BCUT2D eigenvalue weighted by molar-refractivity contribution is 7.91. The van der Waals surface area contributed by atoms with E-state index in [-0.39, 0.29) is 14.2 Å². The second kappa shape index (κ2) is 6.65. The van der Waals surface area contributed by atoms with Crippen LogP contribution in [0.1, 0.15) is 26.7 Å². The van der Waals surface area contributed by atoms with Crippen LogP contribution in [0.3, 0.4) is 0 Å². The summed E-state index contributed by atoms with van der Waals surface area (Å²) in [5.41, 5.74) is -0.364. The van der Waals surface area contributed by atoms with E-state index >= 15 is 0 Å². The Morgan fingerprint density at radius 3 is 2.53 bits per heavy atom. The molecule has 0 saturated carbocycles. The largest absolute Gasteiger partial charge is 0.300 e. The van der Waals surface area contributed by atoms with E-state index in [0.29, 0.717) is 13.1 Å². The minimum Gasteiger partial charge on any atom is -0.258 e. The maximum absolute atomic E-state index is 12.3. The number of thiophene rings is 1. The van der Waals surface area contributed by atoms with Gasteiger partial charge >= 0.3 is 0 Å². The average molecular weight is 327 g/mol. The molecule has 0 N–H and O–H groups in total. The molecule has 0 atom stereocenters. The first-order valence-corrected chi connectivity index (χ1v) is 8.41. The second-order valence-electron chi connectivity index (χ2n) is 3.83. The van der Waals surface area contributed by atoms with Gasteiger partial charge in [-0.2, -0.15) is 4.31 Å². The second-order valence-corrected chi connectivity index (χ2v) is 7.65. The van der Waals surface area contributed by atoms with Gasteiger partial charge in [0, 0.05) is 19.2 Å². The fourth-order valence-electron chi connectivity index (χ4n) is 1.50. The molecule has 19 heavy (non-hydrogen) atoms. The molecule has 1 rings (SSSR count). The summed E-state index contributed by atoms with van der Waals surface area (Å²) in [5.74, 6) is 0. The Labute approximate surface area is 121 Å². The Morgan fingerprint density at radius 1 is 1.47 bits per heavy atom. The Morgan fingerprint density at radius 2 is 2.11 bits per heavy atom. The summed E-state index contributed by atoms with van der Waals surface area (Å²) in [4.78, 5) is 10.0. The molecule has 0 aromatic carbocycles. The lowest BCUT2D eigenvalue weighted by Gasteiger charge is -2.18. The van der Waals surface area contributed by atoms with Crippen LogP contribution in [0.5, 0.6) is 0 Å². The molecule has 0 bridgehead atoms. The first-order chi connectivity index (χ1) is 8.84. The number of nitrogens with zero attached hydrogens (tertiary/aromatic N) is 2. The van der Waals surface area contributed by atoms with Crippen LogP contribution in [0, 0.1) is 10.1 Å². The van der Waals surface area contributed by atoms with Gasteiger partial charge in [0.1, 0.15) is 4.21 Å². The average Bonchev–Trinajstić information content (AvgIpc) is 2.73. The van der Waals surface area contributed by atoms with Crippen molar-refractivity contribution in [2.24, 2.45) is 0 Å². The molecule has 1 heterocycles. The topological polar surface area (TPSA) is 80.5 Å². The number of hydrogen-bond donors (Lipinski definition) is 0. The lowest BCUT2D eigenvalue weighted by Crippen LogP contribution is -2.31. The fourth-order valence-corrected chi connectivity index (χ4v) is 4.81. The highest BCUT2D eigenvalue weighted by Crippen LogP contribution is 2.37. The Bertz CT molecular complexity index is 556. The minimum absolute atomic E-state index is 0.0813. The van der Waals surface area contributed by atoms with Crippen molar-refractivity contribution in [1.82, 2.24) is 4.31 Å². The van der Waals surface area contributed by atoms with Gasteiger partial charge < -0.3 is 0 Å². The van der Waals surface area contributed by atoms with E-state index < -0.39 is 14.9 Å². The summed E-state index contributed by atoms with van der Waals surface area (Å²) in [6.07, 6.45) is 1.62. The molecule has 6 nitrogen and oxygen atoms in total. The van der Waals surface area contributed by atoms with Gasteiger partial charge in [0.15, 0.2) is 4.34 Å². The molecule has 0 unspecified atom stereocenters. The van der Waals surface area contributed by atoms with Gasteiger partial charge in [-0.1, -0.05) is 31.9 Å². The van der Waals surface area contributed by atoms with Crippen molar-refractivity contribution >= 4 is 38.6 Å². The number of hydrogen-bond acceptors (Lipinski definition) is 5. The highest BCUT2D eigenvalue weighted by atomic mass is 35.5. The summed E-state index contributed by atoms with van der Waals surface area (Å²) in [6.45, 7) is 4.43. The standard InChI is InChI=1S/C10H15ClN2O4S2/c1-3-5-6-12(4-2)19(16,17)9-7-8(13(14)15)10(11)18-9/h7H,3-6H2,1-2H3. The highest BCUT2D eigenvalue weighted by Gasteiger charge is 2.29. The monoisotopic (exact) mass is 326 g/mol. The first kappa shape index (κ1) is 16.4. The van der Waals surface area contributed by atoms with Crippen LogP contribution in [-0.4, -0.2) is 30.7 Å². The van der Waals surface area contributed by atoms with Crippen molar-refractivity contribution in [2.45, 2.75) is 30.9 Å². The maximum atomic E-state index is 12.3. The van der Waals surface area contributed by atoms with E-state index in [2.05, 4.69) is 0 Å². The van der Waals surface area contributed by atoms with E-state index in [9.17, 15) is 18.5 Å². The van der Waals surface area contributed by atoms with Crippen LogP contribution in [-0.2, 0) is 10.0 Å². The van der Waals surface area contributed by atoms with Crippen LogP contribution in [0.2, 0.25) is 4.34 Å². The molecule has 0 aliphatic carbocycles. The molecule has 0 amide bonds. The molecule has 0 spiro atoms. The van der Waals surface area contributed by atoms with Crippen LogP contribution in [0.15, 0.2) is 10.3 Å². The molecular formula is C10H15ClN2O4S2. The van der Waals surface area contributed by atoms with Gasteiger partial charge in [0.05, 0.1) is 4.92 Å². The maximum Gasteiger partial charge on any atom is 0.300 e. The zero-order valence-corrected chi connectivity index (χ0v) is 13.0. The van der Waals surface area contributed by atoms with E-state index in [1.807, 2.05) is 6.92 Å². The predicted octanol–water partition coefficient (Wildman–Crippen LogP) is 3.12. The van der Waals surface area contributed by atoms with Gasteiger partial charge in [0.2, 0.25) is 0 Å².